The molecule has 0 heterocycles. The third kappa shape index (κ3) is 8.49. The Balaban J connectivity index is 0.00000364. The van der Waals surface area contributed by atoms with Gasteiger partial charge in [0.15, 0.2) is 5.96 Å². The number of benzene rings is 1. The van der Waals surface area contributed by atoms with Crippen LogP contribution >= 0.6 is 24.0 Å². The summed E-state index contributed by atoms with van der Waals surface area (Å²) < 4.78 is 0. The maximum atomic E-state index is 11.9. The summed E-state index contributed by atoms with van der Waals surface area (Å²) in [5.41, 5.74) is 1.85. The van der Waals surface area contributed by atoms with Crippen molar-refractivity contribution in [2.75, 3.05) is 27.7 Å². The highest BCUT2D eigenvalue weighted by Crippen LogP contribution is 2.21. The van der Waals surface area contributed by atoms with E-state index in [4.69, 9.17) is 0 Å². The summed E-state index contributed by atoms with van der Waals surface area (Å²) in [5.74, 6) is 1.63. The van der Waals surface area contributed by atoms with Gasteiger partial charge in [-0.2, -0.15) is 0 Å². The molecular formula is C21H35IN4O. The predicted molar refractivity (Wildman–Crippen MR) is 124 cm³/mol. The number of carbonyl (C=O) groups excluding carboxylic acids is 1. The Bertz CT molecular complexity index is 578. The van der Waals surface area contributed by atoms with Crippen molar-refractivity contribution in [3.05, 3.63) is 35.4 Å². The summed E-state index contributed by atoms with van der Waals surface area (Å²) in [7, 11) is 5.35. The minimum atomic E-state index is 0. The number of hydrogen-bond acceptors (Lipinski definition) is 2. The topological polar surface area (TPSA) is 56.7 Å². The van der Waals surface area contributed by atoms with Crippen LogP contribution in [-0.2, 0) is 6.54 Å². The summed E-state index contributed by atoms with van der Waals surface area (Å²) in [5, 5.41) is 6.85. The zero-order chi connectivity index (χ0) is 18.8. The molecule has 0 unspecified atom stereocenters. The molecule has 1 amide bonds. The standard InChI is InChI=1S/C21H34N4O.HI/c1-22-21(23-15-17-9-7-5-4-6-8-10-17)24-16-18-11-13-19(14-12-18)20(26)25(2)3;/h11-14,17H,4-10,15-16H2,1-3H3,(H2,22,23,24);1H. The van der Waals surface area contributed by atoms with Crippen LogP contribution in [0, 0.1) is 5.92 Å². The molecule has 0 bridgehead atoms. The van der Waals surface area contributed by atoms with Crippen LogP contribution in [0.3, 0.4) is 0 Å². The fraction of sp³-hybridized carbons (Fsp3) is 0.619. The number of nitrogens with one attached hydrogen (secondary N) is 2. The van der Waals surface area contributed by atoms with E-state index in [1.807, 2.05) is 31.3 Å². The van der Waals surface area contributed by atoms with E-state index in [1.165, 1.54) is 44.9 Å². The normalized spacial score (nSPS) is 15.9. The largest absolute Gasteiger partial charge is 0.356 e. The third-order valence-electron chi connectivity index (χ3n) is 5.07. The van der Waals surface area contributed by atoms with Crippen LogP contribution < -0.4 is 10.6 Å². The van der Waals surface area contributed by atoms with Crippen LogP contribution in [0.2, 0.25) is 0 Å². The van der Waals surface area contributed by atoms with Crippen molar-refractivity contribution in [3.8, 4) is 0 Å². The Morgan fingerprint density at radius 1 is 1.04 bits per heavy atom. The molecule has 1 aromatic carbocycles. The molecule has 1 saturated carbocycles. The molecule has 1 aromatic rings. The first-order valence-corrected chi connectivity index (χ1v) is 9.85. The highest BCUT2D eigenvalue weighted by molar-refractivity contribution is 14.0. The molecule has 0 saturated heterocycles. The van der Waals surface area contributed by atoms with Crippen LogP contribution in [0.4, 0.5) is 0 Å². The van der Waals surface area contributed by atoms with Gasteiger partial charge in [-0.15, -0.1) is 24.0 Å². The van der Waals surface area contributed by atoms with Crippen LogP contribution in [0.15, 0.2) is 29.3 Å². The molecule has 2 rings (SSSR count). The van der Waals surface area contributed by atoms with E-state index < -0.39 is 0 Å². The molecule has 27 heavy (non-hydrogen) atoms. The number of guanidine groups is 1. The van der Waals surface area contributed by atoms with Gasteiger partial charge in [0.2, 0.25) is 0 Å². The molecule has 1 aliphatic rings. The molecule has 152 valence electrons. The lowest BCUT2D eigenvalue weighted by Gasteiger charge is -2.21. The lowest BCUT2D eigenvalue weighted by molar-refractivity contribution is 0.0827. The summed E-state index contributed by atoms with van der Waals surface area (Å²) in [6, 6.07) is 7.74. The second-order valence-corrected chi connectivity index (χ2v) is 7.41. The monoisotopic (exact) mass is 486 g/mol. The van der Waals surface area contributed by atoms with Gasteiger partial charge < -0.3 is 15.5 Å². The molecule has 0 spiro atoms. The van der Waals surface area contributed by atoms with Gasteiger partial charge in [-0.3, -0.25) is 9.79 Å². The van der Waals surface area contributed by atoms with Gasteiger partial charge >= 0.3 is 0 Å². The molecule has 2 N–H and O–H groups in total. The van der Waals surface area contributed by atoms with Crippen LogP contribution in [0.25, 0.3) is 0 Å². The van der Waals surface area contributed by atoms with Gasteiger partial charge in [-0.25, -0.2) is 0 Å². The molecular weight excluding hydrogens is 451 g/mol. The number of carbonyl (C=O) groups is 1. The average molecular weight is 486 g/mol. The number of rotatable bonds is 5. The number of hydrogen-bond donors (Lipinski definition) is 2. The van der Waals surface area contributed by atoms with Crippen molar-refractivity contribution >= 4 is 35.8 Å². The number of halogens is 1. The molecule has 6 heteroatoms. The van der Waals surface area contributed by atoms with Crippen LogP contribution in [-0.4, -0.2) is 44.5 Å². The SMILES string of the molecule is CN=C(NCc1ccc(C(=O)N(C)C)cc1)NCC1CCCCCCC1.I. The Morgan fingerprint density at radius 3 is 2.19 bits per heavy atom. The van der Waals surface area contributed by atoms with E-state index in [2.05, 4.69) is 15.6 Å². The maximum absolute atomic E-state index is 11.9. The minimum Gasteiger partial charge on any atom is -0.356 e. The minimum absolute atomic E-state index is 0. The van der Waals surface area contributed by atoms with E-state index in [0.29, 0.717) is 12.1 Å². The lowest BCUT2D eigenvalue weighted by Crippen LogP contribution is -2.39. The van der Waals surface area contributed by atoms with Crippen LogP contribution in [0.1, 0.15) is 60.9 Å². The van der Waals surface area contributed by atoms with Gasteiger partial charge in [0.25, 0.3) is 5.91 Å². The molecule has 1 aliphatic carbocycles. The first-order chi connectivity index (χ1) is 12.6. The van der Waals surface area contributed by atoms with Gasteiger partial charge in [-0.1, -0.05) is 44.2 Å². The zero-order valence-corrected chi connectivity index (χ0v) is 19.3. The van der Waals surface area contributed by atoms with Crippen LogP contribution in [0.5, 0.6) is 0 Å². The Morgan fingerprint density at radius 2 is 1.63 bits per heavy atom. The van der Waals surface area contributed by atoms with Crippen molar-refractivity contribution < 1.29 is 4.79 Å². The molecule has 0 aliphatic heterocycles. The second kappa shape index (κ2) is 13.0. The fourth-order valence-electron chi connectivity index (χ4n) is 3.42. The van der Waals surface area contributed by atoms with E-state index in [0.717, 1.165) is 24.0 Å². The summed E-state index contributed by atoms with van der Waals surface area (Å²) in [6.07, 6.45) is 9.54. The molecule has 0 aromatic heterocycles. The third-order valence-corrected chi connectivity index (χ3v) is 5.07. The van der Waals surface area contributed by atoms with Crippen molar-refractivity contribution in [3.63, 3.8) is 0 Å². The molecule has 0 atom stereocenters. The van der Waals surface area contributed by atoms with Gasteiger partial charge in [0, 0.05) is 39.8 Å². The van der Waals surface area contributed by atoms with E-state index in [9.17, 15) is 4.79 Å². The smallest absolute Gasteiger partial charge is 0.253 e. The maximum Gasteiger partial charge on any atom is 0.253 e. The summed E-state index contributed by atoms with van der Waals surface area (Å²) >= 11 is 0. The second-order valence-electron chi connectivity index (χ2n) is 7.41. The number of nitrogens with zero attached hydrogens (tertiary/aromatic N) is 2. The highest BCUT2D eigenvalue weighted by atomic mass is 127. The predicted octanol–water partition coefficient (Wildman–Crippen LogP) is 4.03. The fourth-order valence-corrected chi connectivity index (χ4v) is 3.42. The van der Waals surface area contributed by atoms with Crippen molar-refractivity contribution in [2.45, 2.75) is 51.5 Å². The van der Waals surface area contributed by atoms with E-state index >= 15 is 0 Å². The first-order valence-electron chi connectivity index (χ1n) is 9.85. The van der Waals surface area contributed by atoms with E-state index in [-0.39, 0.29) is 29.9 Å². The molecule has 5 nitrogen and oxygen atoms in total. The zero-order valence-electron chi connectivity index (χ0n) is 17.0. The number of amides is 1. The van der Waals surface area contributed by atoms with Gasteiger partial charge in [0.1, 0.15) is 0 Å². The van der Waals surface area contributed by atoms with E-state index in [1.54, 1.807) is 19.0 Å². The van der Waals surface area contributed by atoms with Gasteiger partial charge in [0.05, 0.1) is 0 Å². The Hall–Kier alpha value is -1.31. The Labute approximate surface area is 181 Å². The van der Waals surface area contributed by atoms with Gasteiger partial charge in [-0.05, 0) is 36.5 Å². The highest BCUT2D eigenvalue weighted by Gasteiger charge is 2.12. The summed E-state index contributed by atoms with van der Waals surface area (Å²) in [6.45, 7) is 1.69. The lowest BCUT2D eigenvalue weighted by atomic mass is 9.91. The average Bonchev–Trinajstić information content (AvgIpc) is 2.62. The quantitative estimate of drug-likeness (QED) is 0.376. The molecule has 1 fully saturated rings. The molecule has 0 radical (unpaired) electrons. The number of aliphatic imine (C=N–C) groups is 1. The van der Waals surface area contributed by atoms with Crippen molar-refractivity contribution in [1.29, 1.82) is 0 Å². The Kier molecular flexibility index (Phi) is 11.4. The van der Waals surface area contributed by atoms with Crippen molar-refractivity contribution in [2.24, 2.45) is 10.9 Å². The summed E-state index contributed by atoms with van der Waals surface area (Å²) in [4.78, 5) is 17.9. The van der Waals surface area contributed by atoms with Crippen molar-refractivity contribution in [1.82, 2.24) is 15.5 Å². The first kappa shape index (κ1) is 23.7.